The van der Waals surface area contributed by atoms with E-state index in [1.165, 1.54) is 13.2 Å². The molecule has 1 heterocycles. The van der Waals surface area contributed by atoms with Crippen LogP contribution in [0.25, 0.3) is 0 Å². The molecule has 1 aromatic carbocycles. The molecule has 0 aliphatic heterocycles. The van der Waals surface area contributed by atoms with Gasteiger partial charge in [-0.15, -0.1) is 0 Å². The van der Waals surface area contributed by atoms with Gasteiger partial charge in [0.2, 0.25) is 0 Å². The minimum absolute atomic E-state index is 0.255. The second-order valence-corrected chi connectivity index (χ2v) is 4.48. The minimum Gasteiger partial charge on any atom is -0.494 e. The number of methoxy groups -OCH3 is 1. The summed E-state index contributed by atoms with van der Waals surface area (Å²) in [5.41, 5.74) is 0.894. The van der Waals surface area contributed by atoms with Crippen molar-refractivity contribution in [2.24, 2.45) is 0 Å². The lowest BCUT2D eigenvalue weighted by atomic mass is 10.2. The fourth-order valence-electron chi connectivity index (χ4n) is 1.87. The van der Waals surface area contributed by atoms with E-state index in [-0.39, 0.29) is 17.6 Å². The number of halogens is 1. The van der Waals surface area contributed by atoms with Crippen LogP contribution in [0.15, 0.2) is 36.7 Å². The molecule has 0 amide bonds. The van der Waals surface area contributed by atoms with Crippen molar-refractivity contribution in [3.05, 3.63) is 48.0 Å². The van der Waals surface area contributed by atoms with Crippen LogP contribution in [-0.4, -0.2) is 22.9 Å². The maximum atomic E-state index is 13.5. The Hall–Kier alpha value is -1.88. The summed E-state index contributed by atoms with van der Waals surface area (Å²) >= 11 is 0. The molecule has 0 bridgehead atoms. The third kappa shape index (κ3) is 3.79. The Morgan fingerprint density at radius 2 is 2.32 bits per heavy atom. The first-order chi connectivity index (χ1) is 9.19. The van der Waals surface area contributed by atoms with Gasteiger partial charge in [-0.2, -0.15) is 5.10 Å². The molecule has 1 N–H and O–H groups in total. The number of nitrogens with zero attached hydrogens (tertiary/aromatic N) is 2. The normalized spacial score (nSPS) is 12.4. The first kappa shape index (κ1) is 13.5. The van der Waals surface area contributed by atoms with Gasteiger partial charge in [-0.1, -0.05) is 6.07 Å². The highest BCUT2D eigenvalue weighted by Crippen LogP contribution is 2.17. The van der Waals surface area contributed by atoms with E-state index < -0.39 is 0 Å². The SMILES string of the molecule is COc1ccc(CN[C@H](C)Cn2cccn2)cc1F. The highest BCUT2D eigenvalue weighted by Gasteiger charge is 2.06. The second-order valence-electron chi connectivity index (χ2n) is 4.48. The first-order valence-electron chi connectivity index (χ1n) is 6.22. The Balaban J connectivity index is 1.86. The van der Waals surface area contributed by atoms with E-state index in [2.05, 4.69) is 17.3 Å². The summed E-state index contributed by atoms with van der Waals surface area (Å²) in [4.78, 5) is 0. The predicted octanol–water partition coefficient (Wildman–Crippen LogP) is 2.21. The lowest BCUT2D eigenvalue weighted by Gasteiger charge is -2.14. The molecule has 1 atom stereocenters. The summed E-state index contributed by atoms with van der Waals surface area (Å²) in [6.07, 6.45) is 3.68. The number of hydrogen-bond donors (Lipinski definition) is 1. The molecular weight excluding hydrogens is 245 g/mol. The molecule has 102 valence electrons. The quantitative estimate of drug-likeness (QED) is 0.868. The van der Waals surface area contributed by atoms with Gasteiger partial charge in [-0.3, -0.25) is 4.68 Å². The van der Waals surface area contributed by atoms with E-state index in [0.29, 0.717) is 6.54 Å². The molecule has 0 radical (unpaired) electrons. The van der Waals surface area contributed by atoms with E-state index in [1.807, 2.05) is 23.0 Å². The Morgan fingerprint density at radius 1 is 1.47 bits per heavy atom. The molecule has 4 nitrogen and oxygen atoms in total. The van der Waals surface area contributed by atoms with Crippen LogP contribution in [0.2, 0.25) is 0 Å². The predicted molar refractivity (Wildman–Crippen MR) is 71.5 cm³/mol. The summed E-state index contributed by atoms with van der Waals surface area (Å²) in [6, 6.07) is 7.14. The van der Waals surface area contributed by atoms with Gasteiger partial charge in [0.05, 0.1) is 13.7 Å². The van der Waals surface area contributed by atoms with Crippen molar-refractivity contribution in [2.45, 2.75) is 26.1 Å². The molecule has 5 heteroatoms. The topological polar surface area (TPSA) is 39.1 Å². The number of ether oxygens (including phenoxy) is 1. The highest BCUT2D eigenvalue weighted by molar-refractivity contribution is 5.29. The maximum Gasteiger partial charge on any atom is 0.165 e. The number of nitrogens with one attached hydrogen (secondary N) is 1. The third-order valence-electron chi connectivity index (χ3n) is 2.89. The zero-order chi connectivity index (χ0) is 13.7. The number of rotatable bonds is 6. The van der Waals surface area contributed by atoms with Gasteiger partial charge < -0.3 is 10.1 Å². The Labute approximate surface area is 112 Å². The van der Waals surface area contributed by atoms with Gasteiger partial charge in [0, 0.05) is 25.0 Å². The molecule has 0 fully saturated rings. The molecule has 0 spiro atoms. The lowest BCUT2D eigenvalue weighted by molar-refractivity contribution is 0.385. The van der Waals surface area contributed by atoms with Gasteiger partial charge in [0.25, 0.3) is 0 Å². The van der Waals surface area contributed by atoms with Gasteiger partial charge in [-0.05, 0) is 30.7 Å². The standard InChI is InChI=1S/C14H18FN3O/c1-11(10-18-7-3-6-17-18)16-9-12-4-5-14(19-2)13(15)8-12/h3-8,11,16H,9-10H2,1-2H3/t11-/m1/s1. The van der Waals surface area contributed by atoms with E-state index in [0.717, 1.165) is 12.1 Å². The van der Waals surface area contributed by atoms with Crippen molar-refractivity contribution in [3.63, 3.8) is 0 Å². The Bertz CT molecular complexity index is 513. The summed E-state index contributed by atoms with van der Waals surface area (Å²) in [5.74, 6) is -0.0603. The Kier molecular flexibility index (Phi) is 4.52. The van der Waals surface area contributed by atoms with E-state index in [4.69, 9.17) is 4.74 Å². The van der Waals surface area contributed by atoms with Gasteiger partial charge in [0.1, 0.15) is 0 Å². The average molecular weight is 263 g/mol. The molecule has 2 aromatic rings. The number of hydrogen-bond acceptors (Lipinski definition) is 3. The van der Waals surface area contributed by atoms with Crippen molar-refractivity contribution < 1.29 is 9.13 Å². The summed E-state index contributed by atoms with van der Waals surface area (Å²) in [6.45, 7) is 3.47. The van der Waals surface area contributed by atoms with Crippen LogP contribution in [-0.2, 0) is 13.1 Å². The molecular formula is C14H18FN3O. The van der Waals surface area contributed by atoms with Gasteiger partial charge in [-0.25, -0.2) is 4.39 Å². The van der Waals surface area contributed by atoms with Gasteiger partial charge in [0.15, 0.2) is 11.6 Å². The van der Waals surface area contributed by atoms with Crippen LogP contribution in [0.1, 0.15) is 12.5 Å². The maximum absolute atomic E-state index is 13.5. The van der Waals surface area contributed by atoms with Crippen LogP contribution in [0.3, 0.4) is 0 Å². The molecule has 0 aliphatic rings. The van der Waals surface area contributed by atoms with E-state index in [9.17, 15) is 4.39 Å². The van der Waals surface area contributed by atoms with Crippen molar-refractivity contribution in [1.29, 1.82) is 0 Å². The molecule has 0 unspecified atom stereocenters. The Morgan fingerprint density at radius 3 is 2.95 bits per heavy atom. The zero-order valence-electron chi connectivity index (χ0n) is 11.1. The molecule has 2 rings (SSSR count). The van der Waals surface area contributed by atoms with Crippen molar-refractivity contribution in [3.8, 4) is 5.75 Å². The molecule has 0 saturated carbocycles. The van der Waals surface area contributed by atoms with Gasteiger partial charge >= 0.3 is 0 Å². The fraction of sp³-hybridized carbons (Fsp3) is 0.357. The molecule has 19 heavy (non-hydrogen) atoms. The van der Waals surface area contributed by atoms with Crippen molar-refractivity contribution in [2.75, 3.05) is 7.11 Å². The third-order valence-corrected chi connectivity index (χ3v) is 2.89. The zero-order valence-corrected chi connectivity index (χ0v) is 11.1. The smallest absolute Gasteiger partial charge is 0.165 e. The monoisotopic (exact) mass is 263 g/mol. The first-order valence-corrected chi connectivity index (χ1v) is 6.22. The number of aromatic nitrogens is 2. The summed E-state index contributed by atoms with van der Waals surface area (Å²) in [5, 5.41) is 7.48. The van der Waals surface area contributed by atoms with Crippen LogP contribution in [0.5, 0.6) is 5.75 Å². The van der Waals surface area contributed by atoms with Crippen molar-refractivity contribution >= 4 is 0 Å². The fourth-order valence-corrected chi connectivity index (χ4v) is 1.87. The van der Waals surface area contributed by atoms with Crippen LogP contribution < -0.4 is 10.1 Å². The van der Waals surface area contributed by atoms with Crippen LogP contribution in [0.4, 0.5) is 4.39 Å². The second kappa shape index (κ2) is 6.33. The number of benzene rings is 1. The van der Waals surface area contributed by atoms with Crippen molar-refractivity contribution in [1.82, 2.24) is 15.1 Å². The molecule has 0 saturated heterocycles. The average Bonchev–Trinajstić information content (AvgIpc) is 2.89. The minimum atomic E-state index is -0.332. The summed E-state index contributed by atoms with van der Waals surface area (Å²) in [7, 11) is 1.46. The lowest BCUT2D eigenvalue weighted by Crippen LogP contribution is -2.30. The largest absolute Gasteiger partial charge is 0.494 e. The van der Waals surface area contributed by atoms with Crippen LogP contribution in [0, 0.1) is 5.82 Å². The van der Waals surface area contributed by atoms with E-state index >= 15 is 0 Å². The highest BCUT2D eigenvalue weighted by atomic mass is 19.1. The molecule has 1 aromatic heterocycles. The molecule has 0 aliphatic carbocycles. The summed E-state index contributed by atoms with van der Waals surface area (Å²) < 4.78 is 20.3. The van der Waals surface area contributed by atoms with Crippen LogP contribution >= 0.6 is 0 Å². The van der Waals surface area contributed by atoms with E-state index in [1.54, 1.807) is 12.3 Å².